The summed E-state index contributed by atoms with van der Waals surface area (Å²) in [5, 5.41) is 2.75. The van der Waals surface area contributed by atoms with E-state index in [2.05, 4.69) is 5.32 Å². The molecule has 2 aliphatic rings. The maximum absolute atomic E-state index is 13.0. The molecule has 2 rings (SSSR count). The molecule has 0 spiro atoms. The summed E-state index contributed by atoms with van der Waals surface area (Å²) in [6.45, 7) is 1.04. The molecular formula is C16H23F3N2O2. The van der Waals surface area contributed by atoms with E-state index in [1.54, 1.807) is 6.08 Å². The molecule has 2 fully saturated rings. The molecule has 0 aromatic rings. The van der Waals surface area contributed by atoms with Crippen molar-refractivity contribution < 1.29 is 22.8 Å². The lowest BCUT2D eigenvalue weighted by Crippen LogP contribution is -2.57. The Hall–Kier alpha value is -1.53. The summed E-state index contributed by atoms with van der Waals surface area (Å²) in [4.78, 5) is 24.3. The first-order chi connectivity index (χ1) is 10.8. The lowest BCUT2D eigenvalue weighted by Gasteiger charge is -2.40. The lowest BCUT2D eigenvalue weighted by atomic mass is 9.94. The van der Waals surface area contributed by atoms with E-state index < -0.39 is 24.2 Å². The number of amides is 2. The Bertz CT molecular complexity index is 480. The van der Waals surface area contributed by atoms with Gasteiger partial charge in [0.15, 0.2) is 0 Å². The fourth-order valence-electron chi connectivity index (χ4n) is 3.36. The number of piperidine rings is 1. The first kappa shape index (κ1) is 17.8. The number of carbonyl (C=O) groups is 2. The minimum atomic E-state index is -4.43. The van der Waals surface area contributed by atoms with Crippen molar-refractivity contribution in [2.45, 2.75) is 70.1 Å². The zero-order chi connectivity index (χ0) is 17.0. The van der Waals surface area contributed by atoms with Crippen LogP contribution in [-0.4, -0.2) is 41.5 Å². The molecule has 2 atom stereocenters. The van der Waals surface area contributed by atoms with Gasteiger partial charge in [0.05, 0.1) is 0 Å². The molecule has 1 aliphatic heterocycles. The summed E-state index contributed by atoms with van der Waals surface area (Å²) in [6, 6.07) is -2.17. The number of allylic oxidation sites excluding steroid dienone is 1. The third-order valence-corrected chi connectivity index (χ3v) is 4.54. The Morgan fingerprint density at radius 2 is 1.83 bits per heavy atom. The average Bonchev–Trinajstić information content (AvgIpc) is 2.46. The topological polar surface area (TPSA) is 49.4 Å². The van der Waals surface area contributed by atoms with Gasteiger partial charge in [-0.15, -0.1) is 0 Å². The molecule has 0 aromatic heterocycles. The van der Waals surface area contributed by atoms with Crippen LogP contribution in [0.2, 0.25) is 0 Å². The molecule has 0 radical (unpaired) electrons. The van der Waals surface area contributed by atoms with E-state index in [1.165, 1.54) is 6.42 Å². The number of carbonyl (C=O) groups excluding carboxylic acids is 2. The Balaban J connectivity index is 1.94. The van der Waals surface area contributed by atoms with Crippen LogP contribution in [0.25, 0.3) is 0 Å². The van der Waals surface area contributed by atoms with Gasteiger partial charge in [-0.3, -0.25) is 9.59 Å². The van der Waals surface area contributed by atoms with Gasteiger partial charge in [-0.1, -0.05) is 12.0 Å². The molecule has 1 aliphatic carbocycles. The van der Waals surface area contributed by atoms with E-state index in [4.69, 9.17) is 0 Å². The van der Waals surface area contributed by atoms with Gasteiger partial charge in [0.25, 0.3) is 0 Å². The van der Waals surface area contributed by atoms with Crippen molar-refractivity contribution in [2.24, 2.45) is 0 Å². The van der Waals surface area contributed by atoms with Gasteiger partial charge in [-0.2, -0.15) is 13.2 Å². The quantitative estimate of drug-likeness (QED) is 0.791. The average molecular weight is 332 g/mol. The molecule has 7 heteroatoms. The van der Waals surface area contributed by atoms with Crippen molar-refractivity contribution in [1.82, 2.24) is 10.2 Å². The SMILES string of the molecule is CC(=O)N1C[C@H](NC(=O)C=C2CCCCC2)CC[C@H]1C(F)(F)F. The van der Waals surface area contributed by atoms with Crippen LogP contribution >= 0.6 is 0 Å². The fourth-order valence-corrected chi connectivity index (χ4v) is 3.36. The molecule has 23 heavy (non-hydrogen) atoms. The highest BCUT2D eigenvalue weighted by molar-refractivity contribution is 5.88. The van der Waals surface area contributed by atoms with Gasteiger partial charge in [-0.25, -0.2) is 0 Å². The fraction of sp³-hybridized carbons (Fsp3) is 0.750. The number of rotatable bonds is 2. The molecule has 0 bridgehead atoms. The van der Waals surface area contributed by atoms with Crippen LogP contribution in [0, 0.1) is 0 Å². The number of nitrogens with one attached hydrogen (secondary N) is 1. The first-order valence-corrected chi connectivity index (χ1v) is 8.11. The van der Waals surface area contributed by atoms with Gasteiger partial charge in [-0.05, 0) is 38.5 Å². The van der Waals surface area contributed by atoms with Crippen LogP contribution in [0.4, 0.5) is 13.2 Å². The number of alkyl halides is 3. The maximum atomic E-state index is 13.0. The summed E-state index contributed by atoms with van der Waals surface area (Å²) in [5.74, 6) is -0.877. The van der Waals surface area contributed by atoms with E-state index in [9.17, 15) is 22.8 Å². The van der Waals surface area contributed by atoms with E-state index in [0.29, 0.717) is 0 Å². The third-order valence-electron chi connectivity index (χ3n) is 4.54. The molecule has 1 saturated carbocycles. The summed E-state index contributed by atoms with van der Waals surface area (Å²) in [6.07, 6.45) is 2.35. The van der Waals surface area contributed by atoms with Gasteiger partial charge < -0.3 is 10.2 Å². The zero-order valence-corrected chi connectivity index (χ0v) is 13.3. The highest BCUT2D eigenvalue weighted by Gasteiger charge is 2.47. The van der Waals surface area contributed by atoms with E-state index in [-0.39, 0.29) is 25.3 Å². The Morgan fingerprint density at radius 3 is 2.39 bits per heavy atom. The second-order valence-electron chi connectivity index (χ2n) is 6.37. The number of halogens is 3. The second-order valence-corrected chi connectivity index (χ2v) is 6.37. The molecule has 1 saturated heterocycles. The van der Waals surface area contributed by atoms with Crippen molar-refractivity contribution in [3.63, 3.8) is 0 Å². The molecule has 130 valence electrons. The minimum absolute atomic E-state index is 0.0889. The molecular weight excluding hydrogens is 309 g/mol. The summed E-state index contributed by atoms with van der Waals surface area (Å²) < 4.78 is 38.9. The number of likely N-dealkylation sites (tertiary alicyclic amines) is 1. The molecule has 1 N–H and O–H groups in total. The van der Waals surface area contributed by atoms with Crippen LogP contribution in [0.5, 0.6) is 0 Å². The van der Waals surface area contributed by atoms with E-state index >= 15 is 0 Å². The zero-order valence-electron chi connectivity index (χ0n) is 13.3. The normalized spacial score (nSPS) is 25.9. The van der Waals surface area contributed by atoms with Crippen LogP contribution in [0.3, 0.4) is 0 Å². The van der Waals surface area contributed by atoms with Gasteiger partial charge in [0.2, 0.25) is 11.8 Å². The van der Waals surface area contributed by atoms with Crippen molar-refractivity contribution >= 4 is 11.8 Å². The molecule has 0 unspecified atom stereocenters. The third kappa shape index (κ3) is 4.97. The summed E-state index contributed by atoms with van der Waals surface area (Å²) >= 11 is 0. The second kappa shape index (κ2) is 7.36. The van der Waals surface area contributed by atoms with Crippen molar-refractivity contribution in [3.05, 3.63) is 11.6 Å². The van der Waals surface area contributed by atoms with Crippen molar-refractivity contribution in [1.29, 1.82) is 0 Å². The molecule has 4 nitrogen and oxygen atoms in total. The van der Waals surface area contributed by atoms with Gasteiger partial charge >= 0.3 is 6.18 Å². The first-order valence-electron chi connectivity index (χ1n) is 8.11. The smallest absolute Gasteiger partial charge is 0.348 e. The highest BCUT2D eigenvalue weighted by atomic mass is 19.4. The minimum Gasteiger partial charge on any atom is -0.348 e. The van der Waals surface area contributed by atoms with Crippen LogP contribution < -0.4 is 5.32 Å². The Labute approximate surface area is 134 Å². The molecule has 2 amide bonds. The van der Waals surface area contributed by atoms with Crippen LogP contribution in [0.15, 0.2) is 11.6 Å². The van der Waals surface area contributed by atoms with Crippen molar-refractivity contribution in [2.75, 3.05) is 6.54 Å². The Morgan fingerprint density at radius 1 is 1.17 bits per heavy atom. The Kier molecular flexibility index (Phi) is 5.70. The number of hydrogen-bond acceptors (Lipinski definition) is 2. The standard InChI is InChI=1S/C16H23F3N2O2/c1-11(22)21-10-13(7-8-14(21)16(17,18)19)20-15(23)9-12-5-3-2-4-6-12/h9,13-14H,2-8,10H2,1H3,(H,20,23)/t13-,14+/m1/s1. The largest absolute Gasteiger partial charge is 0.408 e. The lowest BCUT2D eigenvalue weighted by molar-refractivity contribution is -0.196. The predicted molar refractivity (Wildman–Crippen MR) is 79.6 cm³/mol. The summed E-state index contributed by atoms with van der Waals surface area (Å²) in [5.41, 5.74) is 1.10. The van der Waals surface area contributed by atoms with E-state index in [0.717, 1.165) is 43.1 Å². The number of hydrogen-bond donors (Lipinski definition) is 1. The molecule has 1 heterocycles. The van der Waals surface area contributed by atoms with E-state index in [1.807, 2.05) is 0 Å². The monoisotopic (exact) mass is 332 g/mol. The predicted octanol–water partition coefficient (Wildman–Crippen LogP) is 2.93. The summed E-state index contributed by atoms with van der Waals surface area (Å²) in [7, 11) is 0. The maximum Gasteiger partial charge on any atom is 0.408 e. The molecule has 0 aromatic carbocycles. The highest BCUT2D eigenvalue weighted by Crippen LogP contribution is 2.32. The number of nitrogens with zero attached hydrogens (tertiary/aromatic N) is 1. The van der Waals surface area contributed by atoms with Gasteiger partial charge in [0.1, 0.15) is 6.04 Å². The van der Waals surface area contributed by atoms with Crippen LogP contribution in [0.1, 0.15) is 51.9 Å². The van der Waals surface area contributed by atoms with Gasteiger partial charge in [0, 0.05) is 25.6 Å². The van der Waals surface area contributed by atoms with Crippen molar-refractivity contribution in [3.8, 4) is 0 Å². The van der Waals surface area contributed by atoms with Crippen LogP contribution in [-0.2, 0) is 9.59 Å².